The number of anilines is 1. The normalized spacial score (nSPS) is 15.5. The van der Waals surface area contributed by atoms with E-state index in [0.717, 1.165) is 11.3 Å². The Bertz CT molecular complexity index is 365. The van der Waals surface area contributed by atoms with E-state index in [1.807, 2.05) is 29.3 Å². The number of rotatable bonds is 3. The fraction of sp³-hybridized carbons (Fsp3) is 0.364. The number of hydrogen-bond donors (Lipinski definition) is 2. The standard InChI is InChI=1S/C11H14N2O2/c14-7-5-9-2-1-3-10(8-9)13-6-4-11(15)12-13/h1-3,8,14H,4-7H2,(H,12,15). The van der Waals surface area contributed by atoms with Crippen LogP contribution in [0.25, 0.3) is 0 Å². The zero-order valence-corrected chi connectivity index (χ0v) is 8.44. The Morgan fingerprint density at radius 3 is 3.00 bits per heavy atom. The average Bonchev–Trinajstić information content (AvgIpc) is 2.66. The number of hydrazine groups is 1. The number of nitrogens with zero attached hydrogens (tertiary/aromatic N) is 1. The number of amides is 1. The molecule has 1 aliphatic rings. The Labute approximate surface area is 88.5 Å². The van der Waals surface area contributed by atoms with Crippen molar-refractivity contribution in [3.8, 4) is 0 Å². The summed E-state index contributed by atoms with van der Waals surface area (Å²) in [6, 6.07) is 7.84. The van der Waals surface area contributed by atoms with Crippen LogP contribution in [0.3, 0.4) is 0 Å². The SMILES string of the molecule is O=C1CCN(c2cccc(CCO)c2)N1. The van der Waals surface area contributed by atoms with Gasteiger partial charge in [-0.1, -0.05) is 12.1 Å². The minimum absolute atomic E-state index is 0.0579. The van der Waals surface area contributed by atoms with E-state index in [9.17, 15) is 4.79 Å². The van der Waals surface area contributed by atoms with Gasteiger partial charge < -0.3 is 5.11 Å². The predicted octanol–water partition coefficient (Wildman–Crippen LogP) is 0.463. The molecule has 4 heteroatoms. The van der Waals surface area contributed by atoms with Gasteiger partial charge in [-0.05, 0) is 24.1 Å². The fourth-order valence-corrected chi connectivity index (χ4v) is 1.68. The highest BCUT2D eigenvalue weighted by molar-refractivity contribution is 5.81. The van der Waals surface area contributed by atoms with Crippen LogP contribution in [-0.4, -0.2) is 24.2 Å². The van der Waals surface area contributed by atoms with Crippen LogP contribution in [0.15, 0.2) is 24.3 Å². The largest absolute Gasteiger partial charge is 0.396 e. The summed E-state index contributed by atoms with van der Waals surface area (Å²) in [6.45, 7) is 0.858. The first kappa shape index (κ1) is 9.98. The van der Waals surface area contributed by atoms with Crippen molar-refractivity contribution in [1.82, 2.24) is 5.43 Å². The molecule has 0 bridgehead atoms. The fourth-order valence-electron chi connectivity index (χ4n) is 1.68. The van der Waals surface area contributed by atoms with E-state index in [1.165, 1.54) is 0 Å². The molecule has 1 amide bonds. The van der Waals surface area contributed by atoms with Crippen LogP contribution in [0.5, 0.6) is 0 Å². The van der Waals surface area contributed by atoms with Gasteiger partial charge in [0.05, 0.1) is 5.69 Å². The first-order chi connectivity index (χ1) is 7.29. The lowest BCUT2D eigenvalue weighted by atomic mass is 10.1. The van der Waals surface area contributed by atoms with E-state index in [1.54, 1.807) is 0 Å². The lowest BCUT2D eigenvalue weighted by Crippen LogP contribution is -2.32. The van der Waals surface area contributed by atoms with Crippen LogP contribution in [0.2, 0.25) is 0 Å². The topological polar surface area (TPSA) is 52.6 Å². The third-order valence-corrected chi connectivity index (χ3v) is 2.44. The van der Waals surface area contributed by atoms with Gasteiger partial charge in [0.1, 0.15) is 0 Å². The minimum Gasteiger partial charge on any atom is -0.396 e. The number of carbonyl (C=O) groups excluding carboxylic acids is 1. The van der Waals surface area contributed by atoms with Crippen LogP contribution in [0, 0.1) is 0 Å². The Kier molecular flexibility index (Phi) is 2.87. The maximum atomic E-state index is 11.0. The van der Waals surface area contributed by atoms with Crippen molar-refractivity contribution in [3.05, 3.63) is 29.8 Å². The van der Waals surface area contributed by atoms with Gasteiger partial charge in [-0.15, -0.1) is 0 Å². The molecule has 0 aliphatic carbocycles. The number of benzene rings is 1. The molecule has 0 radical (unpaired) electrons. The Balaban J connectivity index is 2.14. The molecule has 1 saturated heterocycles. The summed E-state index contributed by atoms with van der Waals surface area (Å²) in [7, 11) is 0. The van der Waals surface area contributed by atoms with Crippen molar-refractivity contribution in [1.29, 1.82) is 0 Å². The van der Waals surface area contributed by atoms with Crippen molar-refractivity contribution < 1.29 is 9.90 Å². The molecular weight excluding hydrogens is 192 g/mol. The highest BCUT2D eigenvalue weighted by Crippen LogP contribution is 2.17. The summed E-state index contributed by atoms with van der Waals surface area (Å²) in [5.41, 5.74) is 4.83. The van der Waals surface area contributed by atoms with E-state index in [-0.39, 0.29) is 12.5 Å². The first-order valence-corrected chi connectivity index (χ1v) is 5.06. The molecule has 1 fully saturated rings. The second-order valence-electron chi connectivity index (χ2n) is 3.58. The van der Waals surface area contributed by atoms with Crippen molar-refractivity contribution in [2.75, 3.05) is 18.2 Å². The van der Waals surface area contributed by atoms with Crippen LogP contribution >= 0.6 is 0 Å². The number of nitrogens with one attached hydrogen (secondary N) is 1. The van der Waals surface area contributed by atoms with Crippen molar-refractivity contribution in [2.24, 2.45) is 0 Å². The molecule has 0 atom stereocenters. The van der Waals surface area contributed by atoms with Crippen molar-refractivity contribution in [2.45, 2.75) is 12.8 Å². The molecule has 1 aliphatic heterocycles. The van der Waals surface area contributed by atoms with Crippen LogP contribution < -0.4 is 10.4 Å². The molecule has 80 valence electrons. The monoisotopic (exact) mass is 206 g/mol. The van der Waals surface area contributed by atoms with Crippen LogP contribution in [0.4, 0.5) is 5.69 Å². The second kappa shape index (κ2) is 4.31. The molecule has 0 saturated carbocycles. The highest BCUT2D eigenvalue weighted by atomic mass is 16.3. The average molecular weight is 206 g/mol. The summed E-state index contributed by atoms with van der Waals surface area (Å²) < 4.78 is 0. The molecule has 15 heavy (non-hydrogen) atoms. The van der Waals surface area contributed by atoms with Gasteiger partial charge in [0, 0.05) is 19.6 Å². The molecule has 4 nitrogen and oxygen atoms in total. The third kappa shape index (κ3) is 2.27. The molecule has 1 heterocycles. The summed E-state index contributed by atoms with van der Waals surface area (Å²) in [5.74, 6) is 0.0579. The van der Waals surface area contributed by atoms with Gasteiger partial charge in [-0.25, -0.2) is 0 Å². The minimum atomic E-state index is 0.0579. The molecular formula is C11H14N2O2. The Morgan fingerprint density at radius 1 is 1.47 bits per heavy atom. The number of hydrogen-bond acceptors (Lipinski definition) is 3. The Morgan fingerprint density at radius 2 is 2.33 bits per heavy atom. The van der Waals surface area contributed by atoms with Gasteiger partial charge in [0.15, 0.2) is 0 Å². The summed E-state index contributed by atoms with van der Waals surface area (Å²) in [4.78, 5) is 11.0. The van der Waals surface area contributed by atoms with E-state index >= 15 is 0 Å². The van der Waals surface area contributed by atoms with Gasteiger partial charge in [0.2, 0.25) is 5.91 Å². The number of aliphatic hydroxyl groups excluding tert-OH is 1. The quantitative estimate of drug-likeness (QED) is 0.755. The van der Waals surface area contributed by atoms with Gasteiger partial charge in [0.25, 0.3) is 0 Å². The summed E-state index contributed by atoms with van der Waals surface area (Å²) >= 11 is 0. The summed E-state index contributed by atoms with van der Waals surface area (Å²) in [6.07, 6.45) is 1.19. The molecule has 0 spiro atoms. The summed E-state index contributed by atoms with van der Waals surface area (Å²) in [5, 5.41) is 10.7. The van der Waals surface area contributed by atoms with E-state index in [4.69, 9.17) is 5.11 Å². The highest BCUT2D eigenvalue weighted by Gasteiger charge is 2.18. The van der Waals surface area contributed by atoms with E-state index < -0.39 is 0 Å². The predicted molar refractivity (Wildman–Crippen MR) is 57.3 cm³/mol. The van der Waals surface area contributed by atoms with Crippen LogP contribution in [-0.2, 0) is 11.2 Å². The van der Waals surface area contributed by atoms with E-state index in [2.05, 4.69) is 5.43 Å². The van der Waals surface area contributed by atoms with Crippen molar-refractivity contribution in [3.63, 3.8) is 0 Å². The maximum Gasteiger partial charge on any atom is 0.240 e. The zero-order valence-electron chi connectivity index (χ0n) is 8.44. The molecule has 0 aromatic heterocycles. The molecule has 0 unspecified atom stereocenters. The lowest BCUT2D eigenvalue weighted by molar-refractivity contribution is -0.119. The smallest absolute Gasteiger partial charge is 0.240 e. The van der Waals surface area contributed by atoms with Crippen molar-refractivity contribution >= 4 is 11.6 Å². The Hall–Kier alpha value is -1.55. The van der Waals surface area contributed by atoms with Crippen LogP contribution in [0.1, 0.15) is 12.0 Å². The van der Waals surface area contributed by atoms with Gasteiger partial charge in [-0.2, -0.15) is 0 Å². The number of carbonyl (C=O) groups is 1. The molecule has 1 aromatic rings. The first-order valence-electron chi connectivity index (χ1n) is 5.06. The number of aliphatic hydroxyl groups is 1. The third-order valence-electron chi connectivity index (χ3n) is 2.44. The lowest BCUT2D eigenvalue weighted by Gasteiger charge is -2.17. The molecule has 1 aromatic carbocycles. The second-order valence-corrected chi connectivity index (χ2v) is 3.58. The molecule has 2 rings (SSSR count). The van der Waals surface area contributed by atoms with Gasteiger partial charge >= 0.3 is 0 Å². The van der Waals surface area contributed by atoms with E-state index in [0.29, 0.717) is 19.4 Å². The zero-order chi connectivity index (χ0) is 10.7. The van der Waals surface area contributed by atoms with Gasteiger partial charge in [-0.3, -0.25) is 15.2 Å². The molecule has 2 N–H and O–H groups in total. The maximum absolute atomic E-state index is 11.0.